The van der Waals surface area contributed by atoms with Crippen molar-refractivity contribution in [2.45, 2.75) is 39.7 Å². The van der Waals surface area contributed by atoms with Crippen LogP contribution >= 0.6 is 0 Å². The maximum absolute atomic E-state index is 11.9. The van der Waals surface area contributed by atoms with E-state index in [1.54, 1.807) is 11.8 Å². The average Bonchev–Trinajstić information content (AvgIpc) is 3.14. The first kappa shape index (κ1) is 15.0. The van der Waals surface area contributed by atoms with Gasteiger partial charge in [0, 0.05) is 13.1 Å². The standard InChI is InChI=1S/C13H25N3O2/c1-4-16(5-2)13(18)10(3)15-12(17)9-14-8-11-6-7-11/h10-11,14H,4-9H2,1-3H3,(H,15,17). The van der Waals surface area contributed by atoms with E-state index in [0.717, 1.165) is 12.5 Å². The second-order valence-electron chi connectivity index (χ2n) is 4.87. The first-order valence-electron chi connectivity index (χ1n) is 6.87. The molecule has 5 nitrogen and oxygen atoms in total. The van der Waals surface area contributed by atoms with Gasteiger partial charge in [-0.3, -0.25) is 9.59 Å². The van der Waals surface area contributed by atoms with Gasteiger partial charge in [0.2, 0.25) is 11.8 Å². The van der Waals surface area contributed by atoms with E-state index in [-0.39, 0.29) is 11.8 Å². The van der Waals surface area contributed by atoms with Crippen LogP contribution in [0.4, 0.5) is 0 Å². The van der Waals surface area contributed by atoms with Gasteiger partial charge in [-0.2, -0.15) is 0 Å². The lowest BCUT2D eigenvalue weighted by molar-refractivity contribution is -0.135. The Morgan fingerprint density at radius 3 is 2.39 bits per heavy atom. The smallest absolute Gasteiger partial charge is 0.244 e. The van der Waals surface area contributed by atoms with Crippen LogP contribution in [0.1, 0.15) is 33.6 Å². The highest BCUT2D eigenvalue weighted by Gasteiger charge is 2.22. The summed E-state index contributed by atoms with van der Waals surface area (Å²) in [4.78, 5) is 25.3. The first-order valence-corrected chi connectivity index (χ1v) is 6.87. The minimum atomic E-state index is -0.444. The fourth-order valence-electron chi connectivity index (χ4n) is 1.88. The monoisotopic (exact) mass is 255 g/mol. The van der Waals surface area contributed by atoms with Crippen LogP contribution in [0, 0.1) is 5.92 Å². The Balaban J connectivity index is 2.21. The highest BCUT2D eigenvalue weighted by atomic mass is 16.2. The summed E-state index contributed by atoms with van der Waals surface area (Å²) in [7, 11) is 0. The SMILES string of the molecule is CCN(CC)C(=O)C(C)NC(=O)CNCC1CC1. The summed E-state index contributed by atoms with van der Waals surface area (Å²) in [6, 6.07) is -0.444. The van der Waals surface area contributed by atoms with Gasteiger partial charge >= 0.3 is 0 Å². The van der Waals surface area contributed by atoms with Gasteiger partial charge in [-0.15, -0.1) is 0 Å². The van der Waals surface area contributed by atoms with Crippen molar-refractivity contribution < 1.29 is 9.59 Å². The molecule has 0 saturated heterocycles. The summed E-state index contributed by atoms with van der Waals surface area (Å²) in [5, 5.41) is 5.84. The molecule has 1 aliphatic rings. The molecule has 2 N–H and O–H groups in total. The quantitative estimate of drug-likeness (QED) is 0.658. The molecule has 1 unspecified atom stereocenters. The number of rotatable bonds is 8. The van der Waals surface area contributed by atoms with Crippen LogP contribution in [0.15, 0.2) is 0 Å². The molecular formula is C13H25N3O2. The molecule has 0 aromatic rings. The summed E-state index contributed by atoms with van der Waals surface area (Å²) in [5.41, 5.74) is 0. The van der Waals surface area contributed by atoms with Crippen molar-refractivity contribution in [2.24, 2.45) is 5.92 Å². The van der Waals surface area contributed by atoms with E-state index in [1.165, 1.54) is 12.8 Å². The van der Waals surface area contributed by atoms with E-state index < -0.39 is 6.04 Å². The van der Waals surface area contributed by atoms with Crippen molar-refractivity contribution >= 4 is 11.8 Å². The Morgan fingerprint density at radius 1 is 1.28 bits per heavy atom. The number of nitrogens with one attached hydrogen (secondary N) is 2. The summed E-state index contributed by atoms with van der Waals surface area (Å²) < 4.78 is 0. The van der Waals surface area contributed by atoms with Gasteiger partial charge in [-0.05, 0) is 46.1 Å². The van der Waals surface area contributed by atoms with E-state index in [0.29, 0.717) is 19.6 Å². The maximum Gasteiger partial charge on any atom is 0.244 e. The Labute approximate surface area is 109 Å². The highest BCUT2D eigenvalue weighted by Crippen LogP contribution is 2.27. The van der Waals surface area contributed by atoms with Gasteiger partial charge in [0.15, 0.2) is 0 Å². The lowest BCUT2D eigenvalue weighted by Gasteiger charge is -2.23. The minimum Gasteiger partial charge on any atom is -0.343 e. The molecule has 0 aliphatic heterocycles. The summed E-state index contributed by atoms with van der Waals surface area (Å²) in [5.74, 6) is 0.631. The Bertz CT molecular complexity index is 286. The van der Waals surface area contributed by atoms with Gasteiger partial charge in [0.05, 0.1) is 6.54 Å². The molecule has 5 heteroatoms. The van der Waals surface area contributed by atoms with Crippen LogP contribution in [-0.4, -0.2) is 48.9 Å². The van der Waals surface area contributed by atoms with Gasteiger partial charge in [-0.25, -0.2) is 0 Å². The number of hydrogen-bond donors (Lipinski definition) is 2. The van der Waals surface area contributed by atoms with Crippen molar-refractivity contribution in [2.75, 3.05) is 26.2 Å². The normalized spacial score (nSPS) is 16.2. The van der Waals surface area contributed by atoms with Crippen molar-refractivity contribution in [1.82, 2.24) is 15.5 Å². The van der Waals surface area contributed by atoms with E-state index in [9.17, 15) is 9.59 Å². The van der Waals surface area contributed by atoms with Crippen LogP contribution in [0.5, 0.6) is 0 Å². The number of carbonyl (C=O) groups is 2. The number of hydrogen-bond acceptors (Lipinski definition) is 3. The molecule has 1 aliphatic carbocycles. The van der Waals surface area contributed by atoms with Crippen LogP contribution in [0.2, 0.25) is 0 Å². The molecule has 0 aromatic carbocycles. The topological polar surface area (TPSA) is 61.4 Å². The van der Waals surface area contributed by atoms with E-state index in [1.807, 2.05) is 13.8 Å². The Kier molecular flexibility index (Phi) is 6.12. The van der Waals surface area contributed by atoms with Crippen molar-refractivity contribution in [3.05, 3.63) is 0 Å². The molecule has 1 atom stereocenters. The molecule has 0 bridgehead atoms. The molecule has 104 valence electrons. The van der Waals surface area contributed by atoms with Crippen molar-refractivity contribution in [3.8, 4) is 0 Å². The third-order valence-corrected chi connectivity index (χ3v) is 3.24. The van der Waals surface area contributed by atoms with E-state index in [4.69, 9.17) is 0 Å². The molecule has 0 spiro atoms. The zero-order chi connectivity index (χ0) is 13.5. The number of carbonyl (C=O) groups excluding carboxylic acids is 2. The molecule has 0 heterocycles. The predicted molar refractivity (Wildman–Crippen MR) is 71.1 cm³/mol. The van der Waals surface area contributed by atoms with Gasteiger partial charge in [-0.1, -0.05) is 0 Å². The van der Waals surface area contributed by atoms with Crippen molar-refractivity contribution in [3.63, 3.8) is 0 Å². The summed E-state index contributed by atoms with van der Waals surface area (Å²) >= 11 is 0. The third kappa shape index (κ3) is 5.04. The zero-order valence-electron chi connectivity index (χ0n) is 11.7. The molecule has 1 saturated carbocycles. The van der Waals surface area contributed by atoms with Crippen LogP contribution in [0.3, 0.4) is 0 Å². The highest BCUT2D eigenvalue weighted by molar-refractivity contribution is 5.88. The molecule has 0 radical (unpaired) electrons. The first-order chi connectivity index (χ1) is 8.58. The number of nitrogens with zero attached hydrogens (tertiary/aromatic N) is 1. The maximum atomic E-state index is 11.9. The predicted octanol–water partition coefficient (Wildman–Crippen LogP) is 0.359. The summed E-state index contributed by atoms with van der Waals surface area (Å²) in [6.45, 7) is 8.17. The Hall–Kier alpha value is -1.10. The molecule has 1 rings (SSSR count). The van der Waals surface area contributed by atoms with Crippen LogP contribution in [-0.2, 0) is 9.59 Å². The van der Waals surface area contributed by atoms with E-state index >= 15 is 0 Å². The van der Waals surface area contributed by atoms with Gasteiger partial charge < -0.3 is 15.5 Å². The molecule has 1 fully saturated rings. The summed E-state index contributed by atoms with van der Waals surface area (Å²) in [6.07, 6.45) is 2.54. The molecule has 18 heavy (non-hydrogen) atoms. The average molecular weight is 255 g/mol. The molecule has 2 amide bonds. The molecular weight excluding hydrogens is 230 g/mol. The largest absolute Gasteiger partial charge is 0.343 e. The second kappa shape index (κ2) is 7.36. The van der Waals surface area contributed by atoms with Crippen molar-refractivity contribution in [1.29, 1.82) is 0 Å². The van der Waals surface area contributed by atoms with E-state index in [2.05, 4.69) is 10.6 Å². The fraction of sp³-hybridized carbons (Fsp3) is 0.846. The van der Waals surface area contributed by atoms with Crippen LogP contribution in [0.25, 0.3) is 0 Å². The molecule has 0 aromatic heterocycles. The van der Waals surface area contributed by atoms with Gasteiger partial charge in [0.25, 0.3) is 0 Å². The zero-order valence-corrected chi connectivity index (χ0v) is 11.7. The number of amides is 2. The van der Waals surface area contributed by atoms with Crippen LogP contribution < -0.4 is 10.6 Å². The van der Waals surface area contributed by atoms with Gasteiger partial charge in [0.1, 0.15) is 6.04 Å². The third-order valence-electron chi connectivity index (χ3n) is 3.24. The lowest BCUT2D eigenvalue weighted by atomic mass is 10.2. The fourth-order valence-corrected chi connectivity index (χ4v) is 1.88. The number of likely N-dealkylation sites (N-methyl/N-ethyl adjacent to an activating group) is 1. The Morgan fingerprint density at radius 2 is 1.89 bits per heavy atom. The second-order valence-corrected chi connectivity index (χ2v) is 4.87. The minimum absolute atomic E-state index is 0.0180. The lowest BCUT2D eigenvalue weighted by Crippen LogP contribution is -2.48.